The van der Waals surface area contributed by atoms with Crippen molar-refractivity contribution in [1.29, 1.82) is 0 Å². The number of carbonyl (C=O) groups excluding carboxylic acids is 2. The molecule has 4 heteroatoms. The van der Waals surface area contributed by atoms with Gasteiger partial charge in [0, 0.05) is 32.3 Å². The van der Waals surface area contributed by atoms with E-state index in [1.807, 2.05) is 30.3 Å². The average molecular weight is 431 g/mol. The molecule has 146 valence electrons. The van der Waals surface area contributed by atoms with Gasteiger partial charge in [0.05, 0.1) is 0 Å². The van der Waals surface area contributed by atoms with Gasteiger partial charge in [-0.2, -0.15) is 0 Å². The Hall–Kier alpha value is -3.20. The Kier molecular flexibility index (Phi) is 5.80. The fraction of sp³-hybridized carbons (Fsp3) is 0. The van der Waals surface area contributed by atoms with E-state index in [2.05, 4.69) is 0 Å². The van der Waals surface area contributed by atoms with Gasteiger partial charge in [-0.15, -0.1) is 0 Å². The number of ketones is 2. The summed E-state index contributed by atoms with van der Waals surface area (Å²) in [4.78, 5) is 26.2. The molecular formula is C26H16Cl2O2. The molecule has 0 amide bonds. The highest BCUT2D eigenvalue weighted by molar-refractivity contribution is 6.31. The first-order valence-electron chi connectivity index (χ1n) is 9.33. The van der Waals surface area contributed by atoms with E-state index in [0.29, 0.717) is 37.9 Å². The van der Waals surface area contributed by atoms with E-state index < -0.39 is 0 Å². The molecule has 0 aliphatic carbocycles. The first-order valence-corrected chi connectivity index (χ1v) is 10.1. The number of rotatable bonds is 5. The maximum atomic E-state index is 13.2. The van der Waals surface area contributed by atoms with Crippen LogP contribution >= 0.6 is 23.2 Å². The minimum absolute atomic E-state index is 0.101. The summed E-state index contributed by atoms with van der Waals surface area (Å²) in [6.45, 7) is 0. The van der Waals surface area contributed by atoms with Gasteiger partial charge in [-0.1, -0.05) is 71.7 Å². The molecule has 4 aromatic carbocycles. The zero-order valence-electron chi connectivity index (χ0n) is 15.8. The molecule has 4 rings (SSSR count). The van der Waals surface area contributed by atoms with Crippen molar-refractivity contribution in [3.05, 3.63) is 129 Å². The molecule has 0 bridgehead atoms. The van der Waals surface area contributed by atoms with Crippen LogP contribution in [-0.2, 0) is 0 Å². The van der Waals surface area contributed by atoms with Gasteiger partial charge in [-0.05, 0) is 59.7 Å². The van der Waals surface area contributed by atoms with Crippen LogP contribution in [0.1, 0.15) is 31.8 Å². The fourth-order valence-corrected chi connectivity index (χ4v) is 3.52. The van der Waals surface area contributed by atoms with Gasteiger partial charge < -0.3 is 0 Å². The van der Waals surface area contributed by atoms with E-state index >= 15 is 0 Å². The van der Waals surface area contributed by atoms with Crippen molar-refractivity contribution in [3.8, 4) is 11.1 Å². The lowest BCUT2D eigenvalue weighted by atomic mass is 9.90. The summed E-state index contributed by atoms with van der Waals surface area (Å²) in [7, 11) is 0. The van der Waals surface area contributed by atoms with Gasteiger partial charge in [0.1, 0.15) is 0 Å². The van der Waals surface area contributed by atoms with E-state index in [0.717, 1.165) is 5.56 Å². The van der Waals surface area contributed by atoms with Crippen LogP contribution in [0.5, 0.6) is 0 Å². The van der Waals surface area contributed by atoms with E-state index in [9.17, 15) is 9.59 Å². The van der Waals surface area contributed by atoms with Crippen molar-refractivity contribution in [2.45, 2.75) is 0 Å². The van der Waals surface area contributed by atoms with Crippen LogP contribution in [0.25, 0.3) is 11.1 Å². The molecule has 0 atom stereocenters. The minimum Gasteiger partial charge on any atom is -0.289 e. The molecule has 0 saturated heterocycles. The number of hydrogen-bond acceptors (Lipinski definition) is 2. The van der Waals surface area contributed by atoms with Gasteiger partial charge in [-0.3, -0.25) is 9.59 Å². The van der Waals surface area contributed by atoms with Gasteiger partial charge in [0.2, 0.25) is 0 Å². The third-order valence-electron chi connectivity index (χ3n) is 4.82. The van der Waals surface area contributed by atoms with Gasteiger partial charge in [0.25, 0.3) is 0 Å². The Morgan fingerprint density at radius 1 is 0.533 bits per heavy atom. The molecule has 0 spiro atoms. The molecule has 0 heterocycles. The predicted octanol–water partition coefficient (Wildman–Crippen LogP) is 7.12. The maximum absolute atomic E-state index is 13.2. The highest BCUT2D eigenvalue weighted by Gasteiger charge is 2.18. The third kappa shape index (κ3) is 4.20. The quantitative estimate of drug-likeness (QED) is 0.315. The summed E-state index contributed by atoms with van der Waals surface area (Å²) in [5.41, 5.74) is 3.61. The summed E-state index contributed by atoms with van der Waals surface area (Å²) in [6, 6.07) is 28.2. The number of carbonyl (C=O) groups is 2. The van der Waals surface area contributed by atoms with E-state index in [1.165, 1.54) is 0 Å². The molecule has 0 aliphatic heterocycles. The van der Waals surface area contributed by atoms with Crippen LogP contribution in [0.3, 0.4) is 0 Å². The molecule has 2 nitrogen and oxygen atoms in total. The second-order valence-electron chi connectivity index (χ2n) is 6.80. The summed E-state index contributed by atoms with van der Waals surface area (Å²) >= 11 is 12.0. The normalized spacial score (nSPS) is 10.6. The van der Waals surface area contributed by atoms with Crippen LogP contribution in [0, 0.1) is 0 Å². The highest BCUT2D eigenvalue weighted by Crippen LogP contribution is 2.29. The van der Waals surface area contributed by atoms with E-state index in [1.54, 1.807) is 66.7 Å². The first-order chi connectivity index (χ1) is 14.5. The molecule has 0 aliphatic rings. The zero-order valence-corrected chi connectivity index (χ0v) is 17.3. The fourth-order valence-electron chi connectivity index (χ4n) is 3.26. The standard InChI is InChI=1S/C26H16Cl2O2/c27-21-11-6-17(7-12-21)24-16-20(25(29)18-4-2-1-3-5-18)10-15-23(24)26(30)19-8-13-22(28)14-9-19/h1-16H. The average Bonchev–Trinajstić information content (AvgIpc) is 2.79. The van der Waals surface area contributed by atoms with Crippen molar-refractivity contribution in [2.24, 2.45) is 0 Å². The van der Waals surface area contributed by atoms with Crippen LogP contribution in [0.4, 0.5) is 0 Å². The summed E-state index contributed by atoms with van der Waals surface area (Å²) in [5, 5.41) is 1.16. The van der Waals surface area contributed by atoms with Crippen molar-refractivity contribution >= 4 is 34.8 Å². The second-order valence-corrected chi connectivity index (χ2v) is 7.67. The summed E-state index contributed by atoms with van der Waals surface area (Å²) in [6.07, 6.45) is 0. The molecule has 0 aromatic heterocycles. The van der Waals surface area contributed by atoms with Crippen LogP contribution in [0.15, 0.2) is 97.1 Å². The molecule has 0 N–H and O–H groups in total. The van der Waals surface area contributed by atoms with Crippen molar-refractivity contribution in [3.63, 3.8) is 0 Å². The van der Waals surface area contributed by atoms with Crippen molar-refractivity contribution < 1.29 is 9.59 Å². The SMILES string of the molecule is O=C(c1ccccc1)c1ccc(C(=O)c2ccc(Cl)cc2)c(-c2ccc(Cl)cc2)c1. The number of halogens is 2. The molecule has 0 fully saturated rings. The van der Waals surface area contributed by atoms with Crippen LogP contribution in [0.2, 0.25) is 10.0 Å². The third-order valence-corrected chi connectivity index (χ3v) is 5.33. The Labute approximate surface area is 184 Å². The maximum Gasteiger partial charge on any atom is 0.193 e. The highest BCUT2D eigenvalue weighted by atomic mass is 35.5. The molecule has 4 aromatic rings. The van der Waals surface area contributed by atoms with Gasteiger partial charge in [-0.25, -0.2) is 0 Å². The molecule has 0 saturated carbocycles. The molecule has 0 radical (unpaired) electrons. The van der Waals surface area contributed by atoms with E-state index in [4.69, 9.17) is 23.2 Å². The second kappa shape index (κ2) is 8.66. The predicted molar refractivity (Wildman–Crippen MR) is 122 cm³/mol. The Balaban J connectivity index is 1.83. The monoisotopic (exact) mass is 430 g/mol. The Morgan fingerprint density at radius 3 is 1.70 bits per heavy atom. The summed E-state index contributed by atoms with van der Waals surface area (Å²) < 4.78 is 0. The zero-order chi connectivity index (χ0) is 21.1. The minimum atomic E-state index is -0.143. The lowest BCUT2D eigenvalue weighted by Crippen LogP contribution is -2.07. The number of hydrogen-bond donors (Lipinski definition) is 0. The lowest BCUT2D eigenvalue weighted by molar-refractivity contribution is 0.102. The number of benzene rings is 4. The molecule has 0 unspecified atom stereocenters. The largest absolute Gasteiger partial charge is 0.289 e. The van der Waals surface area contributed by atoms with Crippen LogP contribution in [-0.4, -0.2) is 11.6 Å². The Morgan fingerprint density at radius 2 is 1.07 bits per heavy atom. The van der Waals surface area contributed by atoms with E-state index in [-0.39, 0.29) is 11.6 Å². The first kappa shape index (κ1) is 20.1. The molecule has 30 heavy (non-hydrogen) atoms. The van der Waals surface area contributed by atoms with Gasteiger partial charge >= 0.3 is 0 Å². The van der Waals surface area contributed by atoms with Crippen molar-refractivity contribution in [2.75, 3.05) is 0 Å². The molecular weight excluding hydrogens is 415 g/mol. The van der Waals surface area contributed by atoms with Crippen LogP contribution < -0.4 is 0 Å². The summed E-state index contributed by atoms with van der Waals surface area (Å²) in [5.74, 6) is -0.244. The van der Waals surface area contributed by atoms with Crippen molar-refractivity contribution in [1.82, 2.24) is 0 Å². The Bertz CT molecular complexity index is 1210. The smallest absolute Gasteiger partial charge is 0.193 e. The van der Waals surface area contributed by atoms with Gasteiger partial charge in [0.15, 0.2) is 11.6 Å². The lowest BCUT2D eigenvalue weighted by Gasteiger charge is -2.12. The topological polar surface area (TPSA) is 34.1 Å².